The number of hydrogen-bond acceptors (Lipinski definition) is 5. The predicted molar refractivity (Wildman–Crippen MR) is 89.9 cm³/mol. The second-order valence-electron chi connectivity index (χ2n) is 5.38. The molecule has 1 amide bonds. The molecule has 134 valence electrons. The zero-order valence-corrected chi connectivity index (χ0v) is 15.2. The average Bonchev–Trinajstić information content (AvgIpc) is 2.55. The number of nitrogens with one attached hydrogen (secondary N) is 1. The Bertz CT molecular complexity index is 687. The minimum Gasteiger partial charge on any atom is -0.495 e. The van der Waals surface area contributed by atoms with Gasteiger partial charge >= 0.3 is 6.09 Å². The monoisotopic (exact) mass is 376 g/mol. The number of piperidine rings is 1. The number of rotatable bonds is 5. The minimum atomic E-state index is -3.68. The second-order valence-corrected chi connectivity index (χ2v) is 7.50. The highest BCUT2D eigenvalue weighted by Crippen LogP contribution is 2.27. The SMILES string of the molecule is CCOC(=O)N1CCC(NS(=O)(=O)c2ccc(OC)c(Cl)c2)CC1. The third-order valence-corrected chi connectivity index (χ3v) is 5.59. The lowest BCUT2D eigenvalue weighted by Gasteiger charge is -2.31. The van der Waals surface area contributed by atoms with E-state index in [1.54, 1.807) is 11.8 Å². The van der Waals surface area contributed by atoms with Crippen molar-refractivity contribution in [1.29, 1.82) is 0 Å². The molecule has 0 aliphatic carbocycles. The van der Waals surface area contributed by atoms with Crippen molar-refractivity contribution in [2.45, 2.75) is 30.7 Å². The standard InChI is InChI=1S/C15H21ClN2O5S/c1-3-23-15(19)18-8-6-11(7-9-18)17-24(20,21)12-4-5-14(22-2)13(16)10-12/h4-5,10-11,17H,3,6-9H2,1-2H3. The Kier molecular flexibility index (Phi) is 6.31. The lowest BCUT2D eigenvalue weighted by Crippen LogP contribution is -2.46. The van der Waals surface area contributed by atoms with Gasteiger partial charge in [-0.2, -0.15) is 0 Å². The smallest absolute Gasteiger partial charge is 0.409 e. The van der Waals surface area contributed by atoms with E-state index in [1.165, 1.54) is 25.3 Å². The minimum absolute atomic E-state index is 0.0844. The van der Waals surface area contributed by atoms with E-state index in [9.17, 15) is 13.2 Å². The van der Waals surface area contributed by atoms with E-state index in [0.29, 0.717) is 38.3 Å². The molecule has 1 aliphatic rings. The summed E-state index contributed by atoms with van der Waals surface area (Å²) in [6.07, 6.45) is 0.699. The van der Waals surface area contributed by atoms with Crippen molar-refractivity contribution >= 4 is 27.7 Å². The molecule has 1 aromatic rings. The summed E-state index contributed by atoms with van der Waals surface area (Å²) in [6.45, 7) is 2.98. The number of carbonyl (C=O) groups excluding carboxylic acids is 1. The van der Waals surface area contributed by atoms with Crippen LogP contribution in [0.4, 0.5) is 4.79 Å². The van der Waals surface area contributed by atoms with E-state index in [4.69, 9.17) is 21.1 Å². The quantitative estimate of drug-likeness (QED) is 0.851. The molecule has 1 N–H and O–H groups in total. The largest absolute Gasteiger partial charge is 0.495 e. The van der Waals surface area contributed by atoms with Gasteiger partial charge in [0.05, 0.1) is 23.6 Å². The van der Waals surface area contributed by atoms with Crippen LogP contribution in [0.5, 0.6) is 5.75 Å². The Morgan fingerprint density at radius 3 is 2.58 bits per heavy atom. The van der Waals surface area contributed by atoms with Crippen molar-refractivity contribution in [2.24, 2.45) is 0 Å². The summed E-state index contributed by atoms with van der Waals surface area (Å²) in [7, 11) is -2.22. The highest BCUT2D eigenvalue weighted by molar-refractivity contribution is 7.89. The van der Waals surface area contributed by atoms with Crippen molar-refractivity contribution in [3.63, 3.8) is 0 Å². The van der Waals surface area contributed by atoms with Crippen LogP contribution in [0.3, 0.4) is 0 Å². The molecule has 1 aliphatic heterocycles. The van der Waals surface area contributed by atoms with Crippen molar-refractivity contribution in [1.82, 2.24) is 9.62 Å². The molecular formula is C15H21ClN2O5S. The fourth-order valence-corrected chi connectivity index (χ4v) is 4.15. The first kappa shape index (κ1) is 18.8. The van der Waals surface area contributed by atoms with E-state index < -0.39 is 10.0 Å². The Morgan fingerprint density at radius 2 is 2.04 bits per heavy atom. The number of halogens is 1. The fourth-order valence-electron chi connectivity index (χ4n) is 2.50. The van der Waals surface area contributed by atoms with Gasteiger partial charge < -0.3 is 14.4 Å². The van der Waals surface area contributed by atoms with E-state index in [1.807, 2.05) is 0 Å². The predicted octanol–water partition coefficient (Wildman–Crippen LogP) is 2.25. The normalized spacial score (nSPS) is 16.0. The molecule has 0 aromatic heterocycles. The highest BCUT2D eigenvalue weighted by Gasteiger charge is 2.27. The van der Waals surface area contributed by atoms with Gasteiger partial charge in [0.25, 0.3) is 0 Å². The van der Waals surface area contributed by atoms with Crippen LogP contribution in [0.25, 0.3) is 0 Å². The Hall–Kier alpha value is -1.51. The number of carbonyl (C=O) groups is 1. The molecule has 0 bridgehead atoms. The number of amides is 1. The summed E-state index contributed by atoms with van der Waals surface area (Å²) >= 11 is 5.99. The van der Waals surface area contributed by atoms with Gasteiger partial charge in [0.2, 0.25) is 10.0 Å². The number of hydrogen-bond donors (Lipinski definition) is 1. The van der Waals surface area contributed by atoms with Crippen molar-refractivity contribution in [2.75, 3.05) is 26.8 Å². The zero-order chi connectivity index (χ0) is 17.7. The molecule has 1 saturated heterocycles. The van der Waals surface area contributed by atoms with Crippen LogP contribution in [0.2, 0.25) is 5.02 Å². The topological polar surface area (TPSA) is 84.9 Å². The molecule has 0 spiro atoms. The molecule has 0 radical (unpaired) electrons. The van der Waals surface area contributed by atoms with Crippen molar-refractivity contribution < 1.29 is 22.7 Å². The van der Waals surface area contributed by atoms with Crippen molar-refractivity contribution in [3.05, 3.63) is 23.2 Å². The number of likely N-dealkylation sites (tertiary alicyclic amines) is 1. The Balaban J connectivity index is 1.98. The van der Waals surface area contributed by atoms with E-state index in [-0.39, 0.29) is 22.1 Å². The summed E-state index contributed by atoms with van der Waals surface area (Å²) in [5, 5.41) is 0.234. The Morgan fingerprint density at radius 1 is 1.38 bits per heavy atom. The van der Waals surface area contributed by atoms with Gasteiger partial charge in [-0.3, -0.25) is 0 Å². The summed E-state index contributed by atoms with van der Waals surface area (Å²) in [5.41, 5.74) is 0. The molecular weight excluding hydrogens is 356 g/mol. The van der Waals surface area contributed by atoms with Gasteiger partial charge in [-0.15, -0.1) is 0 Å². The third-order valence-electron chi connectivity index (χ3n) is 3.78. The third kappa shape index (κ3) is 4.52. The van der Waals surface area contributed by atoms with Gasteiger partial charge in [-0.1, -0.05) is 11.6 Å². The van der Waals surface area contributed by atoms with Gasteiger partial charge in [0.15, 0.2) is 0 Å². The number of benzene rings is 1. The van der Waals surface area contributed by atoms with Gasteiger partial charge in [-0.05, 0) is 38.0 Å². The molecule has 7 nitrogen and oxygen atoms in total. The van der Waals surface area contributed by atoms with Crippen LogP contribution in [0.1, 0.15) is 19.8 Å². The van der Waals surface area contributed by atoms with E-state index in [0.717, 1.165) is 0 Å². The molecule has 0 unspecified atom stereocenters. The van der Waals surface area contributed by atoms with Crippen LogP contribution in [-0.2, 0) is 14.8 Å². The van der Waals surface area contributed by atoms with Crippen LogP contribution in [0.15, 0.2) is 23.1 Å². The van der Waals surface area contributed by atoms with Crippen LogP contribution >= 0.6 is 11.6 Å². The summed E-state index contributed by atoms with van der Waals surface area (Å²) in [5.74, 6) is 0.415. The number of sulfonamides is 1. The lowest BCUT2D eigenvalue weighted by molar-refractivity contribution is 0.0966. The summed E-state index contributed by atoms with van der Waals surface area (Å²) < 4.78 is 37.5. The maximum absolute atomic E-state index is 12.5. The molecule has 9 heteroatoms. The summed E-state index contributed by atoms with van der Waals surface area (Å²) in [4.78, 5) is 13.3. The first-order valence-electron chi connectivity index (χ1n) is 7.65. The zero-order valence-electron chi connectivity index (χ0n) is 13.6. The molecule has 0 saturated carbocycles. The van der Waals surface area contributed by atoms with Gasteiger partial charge in [0.1, 0.15) is 5.75 Å². The molecule has 24 heavy (non-hydrogen) atoms. The Labute approximate surface area is 146 Å². The molecule has 0 atom stereocenters. The van der Waals surface area contributed by atoms with Crippen LogP contribution in [0, 0.1) is 0 Å². The molecule has 1 heterocycles. The number of methoxy groups -OCH3 is 1. The van der Waals surface area contributed by atoms with Crippen LogP contribution < -0.4 is 9.46 Å². The van der Waals surface area contributed by atoms with E-state index in [2.05, 4.69) is 4.72 Å². The number of nitrogens with zero attached hydrogens (tertiary/aromatic N) is 1. The number of ether oxygens (including phenoxy) is 2. The maximum Gasteiger partial charge on any atom is 0.409 e. The maximum atomic E-state index is 12.5. The lowest BCUT2D eigenvalue weighted by atomic mass is 10.1. The molecule has 1 aromatic carbocycles. The van der Waals surface area contributed by atoms with E-state index >= 15 is 0 Å². The fraction of sp³-hybridized carbons (Fsp3) is 0.533. The first-order chi connectivity index (χ1) is 11.4. The van der Waals surface area contributed by atoms with Crippen molar-refractivity contribution in [3.8, 4) is 5.75 Å². The van der Waals surface area contributed by atoms with Gasteiger partial charge in [-0.25, -0.2) is 17.9 Å². The van der Waals surface area contributed by atoms with Crippen LogP contribution in [-0.4, -0.2) is 52.3 Å². The van der Waals surface area contributed by atoms with Gasteiger partial charge in [0, 0.05) is 19.1 Å². The molecule has 2 rings (SSSR count). The average molecular weight is 377 g/mol. The first-order valence-corrected chi connectivity index (χ1v) is 9.51. The summed E-state index contributed by atoms with van der Waals surface area (Å²) in [6, 6.07) is 4.08. The highest BCUT2D eigenvalue weighted by atomic mass is 35.5. The second kappa shape index (κ2) is 8.04. The molecule has 1 fully saturated rings.